The van der Waals surface area contributed by atoms with Crippen molar-refractivity contribution in [3.05, 3.63) is 23.8 Å². The number of anilines is 2. The van der Waals surface area contributed by atoms with Gasteiger partial charge in [0, 0.05) is 62.1 Å². The number of nitrogens with zero attached hydrogens (tertiary/aromatic N) is 3. The van der Waals surface area contributed by atoms with Gasteiger partial charge in [0.15, 0.2) is 0 Å². The number of unbranched alkanes of at least 4 members (excludes halogenated alkanes) is 1. The maximum Gasteiger partial charge on any atom is 0.0404 e. The Labute approximate surface area is 202 Å². The van der Waals surface area contributed by atoms with Crippen molar-refractivity contribution in [3.63, 3.8) is 0 Å². The third-order valence-corrected chi connectivity index (χ3v) is 9.26. The van der Waals surface area contributed by atoms with Crippen LogP contribution in [0.25, 0.3) is 0 Å². The smallest absolute Gasteiger partial charge is 0.0404 e. The largest absolute Gasteiger partial charge is 0.370 e. The van der Waals surface area contributed by atoms with Gasteiger partial charge in [-0.05, 0) is 79.7 Å². The predicted molar refractivity (Wildman–Crippen MR) is 144 cm³/mol. The summed E-state index contributed by atoms with van der Waals surface area (Å²) in [6.07, 6.45) is 8.16. The van der Waals surface area contributed by atoms with Crippen LogP contribution in [0, 0.1) is 11.3 Å². The monoisotopic (exact) mass is 457 g/mol. The summed E-state index contributed by atoms with van der Waals surface area (Å²) < 4.78 is 0. The van der Waals surface area contributed by atoms with E-state index < -0.39 is 0 Å². The highest BCUT2D eigenvalue weighted by molar-refractivity contribution is 7.99. The van der Waals surface area contributed by atoms with E-state index >= 15 is 0 Å². The molecule has 0 radical (unpaired) electrons. The van der Waals surface area contributed by atoms with E-state index in [0.29, 0.717) is 5.41 Å². The van der Waals surface area contributed by atoms with E-state index in [4.69, 9.17) is 0 Å². The van der Waals surface area contributed by atoms with Gasteiger partial charge in [-0.1, -0.05) is 34.1 Å². The lowest BCUT2D eigenvalue weighted by molar-refractivity contribution is 0.169. The van der Waals surface area contributed by atoms with E-state index in [1.807, 2.05) is 0 Å². The summed E-state index contributed by atoms with van der Waals surface area (Å²) in [5, 5.41) is 0. The van der Waals surface area contributed by atoms with Crippen molar-refractivity contribution in [3.8, 4) is 0 Å². The molecule has 0 spiro atoms. The summed E-state index contributed by atoms with van der Waals surface area (Å²) in [5.41, 5.74) is 5.14. The van der Waals surface area contributed by atoms with Crippen molar-refractivity contribution >= 4 is 23.1 Å². The summed E-state index contributed by atoms with van der Waals surface area (Å²) in [7, 11) is 0. The van der Waals surface area contributed by atoms with Crippen molar-refractivity contribution in [1.82, 2.24) is 4.90 Å². The quantitative estimate of drug-likeness (QED) is 0.483. The van der Waals surface area contributed by atoms with Gasteiger partial charge >= 0.3 is 0 Å². The van der Waals surface area contributed by atoms with Gasteiger partial charge in [0.1, 0.15) is 0 Å². The molecule has 2 aliphatic heterocycles. The molecule has 0 atom stereocenters. The van der Waals surface area contributed by atoms with Crippen molar-refractivity contribution in [2.24, 2.45) is 11.3 Å². The first kappa shape index (κ1) is 24.3. The summed E-state index contributed by atoms with van der Waals surface area (Å²) in [4.78, 5) is 8.02. The number of hydrogen-bond donors (Lipinski definition) is 0. The Morgan fingerprint density at radius 2 is 1.56 bits per heavy atom. The standard InChI is InChI=1S/C28H47N3S/c1-5-6-13-29-14-16-31(17-15-29)27-12-11-25(30-18-20-32-21-19-30)22-26(27)23-7-9-24(10-8-23)28(2,3)4/h11-12,22-24H,5-10,13-21H2,1-4H3. The molecule has 3 aliphatic rings. The minimum absolute atomic E-state index is 0.454. The number of thioether (sulfide) groups is 1. The number of rotatable bonds is 6. The molecule has 4 heteroatoms. The first-order valence-corrected chi connectivity index (χ1v) is 14.5. The zero-order valence-corrected chi connectivity index (χ0v) is 22.1. The number of piperazine rings is 1. The first-order valence-electron chi connectivity index (χ1n) is 13.4. The average Bonchev–Trinajstić information content (AvgIpc) is 2.83. The van der Waals surface area contributed by atoms with Crippen LogP contribution in [0.1, 0.15) is 77.7 Å². The van der Waals surface area contributed by atoms with Gasteiger partial charge in [-0.25, -0.2) is 0 Å². The van der Waals surface area contributed by atoms with E-state index in [-0.39, 0.29) is 0 Å². The van der Waals surface area contributed by atoms with Crippen molar-refractivity contribution in [2.45, 2.75) is 72.1 Å². The fourth-order valence-electron chi connectivity index (χ4n) is 6.04. The van der Waals surface area contributed by atoms with E-state index in [1.165, 1.54) is 102 Å². The lowest BCUT2D eigenvalue weighted by atomic mass is 9.68. The molecule has 2 heterocycles. The Hall–Kier alpha value is -0.870. The zero-order chi connectivity index (χ0) is 22.6. The summed E-state index contributed by atoms with van der Waals surface area (Å²) >= 11 is 2.11. The van der Waals surface area contributed by atoms with Gasteiger partial charge < -0.3 is 9.80 Å². The van der Waals surface area contributed by atoms with Gasteiger partial charge in [-0.15, -0.1) is 0 Å². The van der Waals surface area contributed by atoms with Crippen LogP contribution in [0.2, 0.25) is 0 Å². The molecule has 0 amide bonds. The second-order valence-corrected chi connectivity index (χ2v) is 12.7. The van der Waals surface area contributed by atoms with E-state index in [9.17, 15) is 0 Å². The molecule has 1 aromatic rings. The maximum atomic E-state index is 2.71. The van der Waals surface area contributed by atoms with Crippen LogP contribution in [0.4, 0.5) is 11.4 Å². The third-order valence-electron chi connectivity index (χ3n) is 8.32. The molecule has 180 valence electrons. The highest BCUT2D eigenvalue weighted by Gasteiger charge is 2.32. The van der Waals surface area contributed by atoms with Crippen LogP contribution in [0.5, 0.6) is 0 Å². The highest BCUT2D eigenvalue weighted by Crippen LogP contribution is 2.46. The SMILES string of the molecule is CCCCN1CCN(c2ccc(N3CCSCC3)cc2C2CCC(C(C)(C)C)CC2)CC1. The fourth-order valence-corrected chi connectivity index (χ4v) is 6.94. The van der Waals surface area contributed by atoms with Crippen molar-refractivity contribution in [2.75, 3.05) is 67.1 Å². The van der Waals surface area contributed by atoms with Gasteiger partial charge in [0.2, 0.25) is 0 Å². The minimum Gasteiger partial charge on any atom is -0.370 e. The van der Waals surface area contributed by atoms with Crippen LogP contribution in [-0.4, -0.2) is 62.2 Å². The summed E-state index contributed by atoms with van der Waals surface area (Å²) in [6, 6.07) is 7.53. The molecule has 3 nitrogen and oxygen atoms in total. The summed E-state index contributed by atoms with van der Waals surface area (Å²) in [5.74, 6) is 4.16. The van der Waals surface area contributed by atoms with Gasteiger partial charge in [0.25, 0.3) is 0 Å². The molecule has 0 unspecified atom stereocenters. The lowest BCUT2D eigenvalue weighted by Crippen LogP contribution is -2.47. The van der Waals surface area contributed by atoms with Crippen LogP contribution >= 0.6 is 11.8 Å². The third kappa shape index (κ3) is 5.97. The molecule has 1 aliphatic carbocycles. The Morgan fingerprint density at radius 3 is 2.19 bits per heavy atom. The Balaban J connectivity index is 1.52. The summed E-state index contributed by atoms with van der Waals surface area (Å²) in [6.45, 7) is 18.1. The Morgan fingerprint density at radius 1 is 0.875 bits per heavy atom. The molecular weight excluding hydrogens is 410 g/mol. The molecule has 0 N–H and O–H groups in total. The molecule has 0 aromatic heterocycles. The van der Waals surface area contributed by atoms with Crippen LogP contribution < -0.4 is 9.80 Å². The number of benzene rings is 1. The lowest BCUT2D eigenvalue weighted by Gasteiger charge is -2.41. The van der Waals surface area contributed by atoms with E-state index in [1.54, 1.807) is 11.3 Å². The number of hydrogen-bond acceptors (Lipinski definition) is 4. The fraction of sp³-hybridized carbons (Fsp3) is 0.786. The van der Waals surface area contributed by atoms with Crippen LogP contribution in [0.15, 0.2) is 18.2 Å². The molecule has 0 bridgehead atoms. The first-order chi connectivity index (χ1) is 15.5. The highest BCUT2D eigenvalue weighted by atomic mass is 32.2. The molecule has 2 saturated heterocycles. The topological polar surface area (TPSA) is 9.72 Å². The zero-order valence-electron chi connectivity index (χ0n) is 21.2. The van der Waals surface area contributed by atoms with Gasteiger partial charge in [-0.2, -0.15) is 11.8 Å². The second-order valence-electron chi connectivity index (χ2n) is 11.4. The Kier molecular flexibility index (Phi) is 8.37. The van der Waals surface area contributed by atoms with E-state index in [2.05, 4.69) is 72.4 Å². The van der Waals surface area contributed by atoms with Gasteiger partial charge in [-0.3, -0.25) is 4.90 Å². The maximum absolute atomic E-state index is 2.71. The van der Waals surface area contributed by atoms with Crippen molar-refractivity contribution < 1.29 is 0 Å². The molecule has 1 aromatic carbocycles. The molecular formula is C28H47N3S. The van der Waals surface area contributed by atoms with Crippen LogP contribution in [0.3, 0.4) is 0 Å². The minimum atomic E-state index is 0.454. The molecule has 32 heavy (non-hydrogen) atoms. The van der Waals surface area contributed by atoms with Crippen molar-refractivity contribution in [1.29, 1.82) is 0 Å². The predicted octanol–water partition coefficient (Wildman–Crippen LogP) is 6.48. The normalized spacial score (nSPS) is 25.9. The molecule has 3 fully saturated rings. The second kappa shape index (κ2) is 11.0. The van der Waals surface area contributed by atoms with Gasteiger partial charge in [0.05, 0.1) is 0 Å². The van der Waals surface area contributed by atoms with Crippen LogP contribution in [-0.2, 0) is 0 Å². The average molecular weight is 458 g/mol. The molecule has 4 rings (SSSR count). The molecule has 1 saturated carbocycles. The van der Waals surface area contributed by atoms with E-state index in [0.717, 1.165) is 11.8 Å². The Bertz CT molecular complexity index is 706.